The summed E-state index contributed by atoms with van der Waals surface area (Å²) in [6.07, 6.45) is 2.32. The molecule has 2 rings (SSSR count). The van der Waals surface area contributed by atoms with Crippen molar-refractivity contribution < 1.29 is 19.4 Å². The van der Waals surface area contributed by atoms with Crippen molar-refractivity contribution in [2.45, 2.75) is 25.7 Å². The molecule has 0 radical (unpaired) electrons. The summed E-state index contributed by atoms with van der Waals surface area (Å²) < 4.78 is 5.26. The van der Waals surface area contributed by atoms with Crippen LogP contribution in [-0.2, 0) is 9.59 Å². The molecule has 1 aromatic carbocycles. The molecule has 4 nitrogen and oxygen atoms in total. The summed E-state index contributed by atoms with van der Waals surface area (Å²) in [5.41, 5.74) is 0. The maximum atomic E-state index is 11.9. The zero-order valence-electron chi connectivity index (χ0n) is 10.0. The van der Waals surface area contributed by atoms with Crippen molar-refractivity contribution in [3.05, 3.63) is 30.3 Å². The fourth-order valence-corrected chi connectivity index (χ4v) is 2.26. The number of carbonyl (C=O) groups is 2. The van der Waals surface area contributed by atoms with Crippen LogP contribution in [-0.4, -0.2) is 17.0 Å². The lowest BCUT2D eigenvalue weighted by atomic mass is 9.82. The molecule has 0 aliphatic heterocycles. The van der Waals surface area contributed by atoms with Crippen LogP contribution < -0.4 is 4.74 Å². The lowest BCUT2D eigenvalue weighted by molar-refractivity contribution is -0.146. The average Bonchev–Trinajstić information content (AvgIpc) is 2.40. The standard InChI is InChI=1S/C14H16O4/c15-13(16)10-6-8-11(9-7-10)14(17)18-12-4-2-1-3-5-12/h1-5,10-11H,6-9H2,(H,15,16). The van der Waals surface area contributed by atoms with Crippen LogP contribution >= 0.6 is 0 Å². The lowest BCUT2D eigenvalue weighted by Crippen LogP contribution is -2.28. The molecule has 18 heavy (non-hydrogen) atoms. The molecule has 0 amide bonds. The first-order valence-corrected chi connectivity index (χ1v) is 6.16. The highest BCUT2D eigenvalue weighted by Crippen LogP contribution is 2.30. The molecule has 1 N–H and O–H groups in total. The van der Waals surface area contributed by atoms with Gasteiger partial charge >= 0.3 is 11.9 Å². The van der Waals surface area contributed by atoms with E-state index in [1.165, 1.54) is 0 Å². The second kappa shape index (κ2) is 5.67. The van der Waals surface area contributed by atoms with E-state index < -0.39 is 5.97 Å². The lowest BCUT2D eigenvalue weighted by Gasteiger charge is -2.24. The van der Waals surface area contributed by atoms with Crippen molar-refractivity contribution in [3.63, 3.8) is 0 Å². The SMILES string of the molecule is O=C(O)C1CCC(C(=O)Oc2ccccc2)CC1. The molecule has 1 saturated carbocycles. The van der Waals surface area contributed by atoms with Crippen molar-refractivity contribution in [2.24, 2.45) is 11.8 Å². The number of hydrogen-bond donors (Lipinski definition) is 1. The predicted octanol–water partition coefficient (Wildman–Crippen LogP) is 2.48. The van der Waals surface area contributed by atoms with E-state index in [4.69, 9.17) is 9.84 Å². The van der Waals surface area contributed by atoms with Crippen LogP contribution in [0.15, 0.2) is 30.3 Å². The first-order chi connectivity index (χ1) is 8.66. The van der Waals surface area contributed by atoms with Crippen molar-refractivity contribution in [1.29, 1.82) is 0 Å². The van der Waals surface area contributed by atoms with Crippen LogP contribution in [0.5, 0.6) is 5.75 Å². The summed E-state index contributed by atoms with van der Waals surface area (Å²) in [7, 11) is 0. The van der Waals surface area contributed by atoms with E-state index in [2.05, 4.69) is 0 Å². The van der Waals surface area contributed by atoms with Crippen LogP contribution in [0, 0.1) is 11.8 Å². The van der Waals surface area contributed by atoms with Crippen LogP contribution in [0.1, 0.15) is 25.7 Å². The van der Waals surface area contributed by atoms with E-state index in [1.54, 1.807) is 12.1 Å². The van der Waals surface area contributed by atoms with Gasteiger partial charge in [-0.2, -0.15) is 0 Å². The minimum Gasteiger partial charge on any atom is -0.481 e. The third kappa shape index (κ3) is 3.09. The molecule has 0 saturated heterocycles. The number of carbonyl (C=O) groups excluding carboxylic acids is 1. The highest BCUT2D eigenvalue weighted by Gasteiger charge is 2.30. The second-order valence-corrected chi connectivity index (χ2v) is 4.62. The molecule has 1 aromatic rings. The topological polar surface area (TPSA) is 63.6 Å². The van der Waals surface area contributed by atoms with Crippen LogP contribution in [0.2, 0.25) is 0 Å². The van der Waals surface area contributed by atoms with E-state index in [1.807, 2.05) is 18.2 Å². The summed E-state index contributed by atoms with van der Waals surface area (Å²) in [4.78, 5) is 22.7. The molecule has 0 heterocycles. The zero-order valence-corrected chi connectivity index (χ0v) is 10.0. The van der Waals surface area contributed by atoms with Crippen molar-refractivity contribution in [3.8, 4) is 5.75 Å². The van der Waals surface area contributed by atoms with Gasteiger partial charge in [-0.05, 0) is 37.8 Å². The van der Waals surface area contributed by atoms with E-state index in [0.29, 0.717) is 31.4 Å². The minimum atomic E-state index is -0.759. The molecular weight excluding hydrogens is 232 g/mol. The first kappa shape index (κ1) is 12.6. The maximum absolute atomic E-state index is 11.9. The Morgan fingerprint density at radius 1 is 1.00 bits per heavy atom. The smallest absolute Gasteiger partial charge is 0.314 e. The van der Waals surface area contributed by atoms with Crippen molar-refractivity contribution >= 4 is 11.9 Å². The number of carboxylic acids is 1. The minimum absolute atomic E-state index is 0.166. The van der Waals surface area contributed by atoms with Crippen LogP contribution in [0.4, 0.5) is 0 Å². The van der Waals surface area contributed by atoms with Gasteiger partial charge in [0.1, 0.15) is 5.75 Å². The molecule has 0 aromatic heterocycles. The zero-order chi connectivity index (χ0) is 13.0. The van der Waals surface area contributed by atoms with Gasteiger partial charge in [0.25, 0.3) is 0 Å². The highest BCUT2D eigenvalue weighted by atomic mass is 16.5. The van der Waals surface area contributed by atoms with Gasteiger partial charge in [-0.3, -0.25) is 9.59 Å². The average molecular weight is 248 g/mol. The number of ether oxygens (including phenoxy) is 1. The Bertz CT molecular complexity index is 419. The first-order valence-electron chi connectivity index (χ1n) is 6.16. The summed E-state index contributed by atoms with van der Waals surface area (Å²) in [6.45, 7) is 0. The molecule has 0 atom stereocenters. The van der Waals surface area contributed by atoms with Gasteiger partial charge in [0.2, 0.25) is 0 Å². The van der Waals surface area contributed by atoms with Gasteiger partial charge in [-0.1, -0.05) is 18.2 Å². The number of carboxylic acid groups (broad SMARTS) is 1. The molecule has 0 unspecified atom stereocenters. The molecule has 1 fully saturated rings. The van der Waals surface area contributed by atoms with Gasteiger partial charge < -0.3 is 9.84 Å². The molecule has 0 bridgehead atoms. The molecular formula is C14H16O4. The number of benzene rings is 1. The third-order valence-corrected chi connectivity index (χ3v) is 3.37. The fourth-order valence-electron chi connectivity index (χ4n) is 2.26. The van der Waals surface area contributed by atoms with Crippen LogP contribution in [0.3, 0.4) is 0 Å². The van der Waals surface area contributed by atoms with Gasteiger partial charge in [0.05, 0.1) is 11.8 Å². The van der Waals surface area contributed by atoms with Gasteiger partial charge in [-0.25, -0.2) is 0 Å². The van der Waals surface area contributed by atoms with Crippen LogP contribution in [0.25, 0.3) is 0 Å². The highest BCUT2D eigenvalue weighted by molar-refractivity contribution is 5.76. The van der Waals surface area contributed by atoms with E-state index >= 15 is 0 Å². The molecule has 4 heteroatoms. The van der Waals surface area contributed by atoms with Gasteiger partial charge in [0.15, 0.2) is 0 Å². The number of para-hydroxylation sites is 1. The Kier molecular flexibility index (Phi) is 3.97. The number of rotatable bonds is 3. The Hall–Kier alpha value is -1.84. The van der Waals surface area contributed by atoms with Crippen molar-refractivity contribution in [2.75, 3.05) is 0 Å². The monoisotopic (exact) mass is 248 g/mol. The predicted molar refractivity (Wildman–Crippen MR) is 65.2 cm³/mol. The normalized spacial score (nSPS) is 23.3. The Labute approximate surface area is 106 Å². The van der Waals surface area contributed by atoms with E-state index in [9.17, 15) is 9.59 Å². The van der Waals surface area contributed by atoms with Gasteiger partial charge in [0, 0.05) is 0 Å². The molecule has 96 valence electrons. The van der Waals surface area contributed by atoms with Gasteiger partial charge in [-0.15, -0.1) is 0 Å². The van der Waals surface area contributed by atoms with E-state index in [0.717, 1.165) is 0 Å². The number of aliphatic carboxylic acids is 1. The molecule has 0 spiro atoms. The maximum Gasteiger partial charge on any atom is 0.314 e. The molecule has 1 aliphatic rings. The number of hydrogen-bond acceptors (Lipinski definition) is 3. The third-order valence-electron chi connectivity index (χ3n) is 3.37. The molecule has 1 aliphatic carbocycles. The Morgan fingerprint density at radius 3 is 2.11 bits per heavy atom. The second-order valence-electron chi connectivity index (χ2n) is 4.62. The summed E-state index contributed by atoms with van der Waals surface area (Å²) in [5.74, 6) is -0.927. The number of esters is 1. The fraction of sp³-hybridized carbons (Fsp3) is 0.429. The Balaban J connectivity index is 1.86. The van der Waals surface area contributed by atoms with Crippen molar-refractivity contribution in [1.82, 2.24) is 0 Å². The summed E-state index contributed by atoms with van der Waals surface area (Å²) in [5, 5.41) is 8.88. The largest absolute Gasteiger partial charge is 0.481 e. The van der Waals surface area contributed by atoms with E-state index in [-0.39, 0.29) is 17.8 Å². The summed E-state index contributed by atoms with van der Waals surface area (Å²) in [6, 6.07) is 8.95. The quantitative estimate of drug-likeness (QED) is 0.659. The summed E-state index contributed by atoms with van der Waals surface area (Å²) >= 11 is 0. The Morgan fingerprint density at radius 2 is 1.56 bits per heavy atom.